The smallest absolute Gasteiger partial charge is 0.387 e. The van der Waals surface area contributed by atoms with Gasteiger partial charge in [-0.1, -0.05) is 13.8 Å². The summed E-state index contributed by atoms with van der Waals surface area (Å²) in [4.78, 5) is 6.69. The van der Waals surface area contributed by atoms with E-state index in [1.807, 2.05) is 13.8 Å². The van der Waals surface area contributed by atoms with E-state index in [0.717, 1.165) is 5.69 Å². The monoisotopic (exact) mass is 270 g/mol. The molecule has 0 atom stereocenters. The lowest BCUT2D eigenvalue weighted by molar-refractivity contribution is -0.275. The van der Waals surface area contributed by atoms with Gasteiger partial charge >= 0.3 is 6.36 Å². The van der Waals surface area contributed by atoms with Crippen LogP contribution in [0, 0.1) is 0 Å². The highest BCUT2D eigenvalue weighted by molar-refractivity contribution is 5.71. The molecule has 0 aliphatic heterocycles. The molecule has 0 aliphatic carbocycles. The van der Waals surface area contributed by atoms with E-state index < -0.39 is 12.2 Å². The van der Waals surface area contributed by atoms with Crippen LogP contribution >= 0.6 is 0 Å². The summed E-state index contributed by atoms with van der Waals surface area (Å²) >= 11 is 0. The van der Waals surface area contributed by atoms with Crippen molar-refractivity contribution in [2.24, 2.45) is 0 Å². The summed E-state index contributed by atoms with van der Waals surface area (Å²) in [6.45, 7) is 3.91. The van der Waals surface area contributed by atoms with E-state index >= 15 is 0 Å². The van der Waals surface area contributed by atoms with Crippen molar-refractivity contribution in [2.75, 3.05) is 0 Å². The van der Waals surface area contributed by atoms with Gasteiger partial charge in [-0.05, 0) is 24.1 Å². The van der Waals surface area contributed by atoms with Crippen molar-refractivity contribution in [3.63, 3.8) is 0 Å². The molecule has 6 heteroatoms. The number of aromatic nitrogens is 2. The van der Waals surface area contributed by atoms with E-state index in [1.54, 1.807) is 24.4 Å². The summed E-state index contributed by atoms with van der Waals surface area (Å²) < 4.78 is 41.0. The maximum absolute atomic E-state index is 12.4. The fraction of sp³-hybridized carbons (Fsp3) is 0.308. The van der Waals surface area contributed by atoms with Gasteiger partial charge in [-0.25, -0.2) is 4.98 Å². The minimum atomic E-state index is -4.75. The van der Waals surface area contributed by atoms with Crippen LogP contribution in [0.2, 0.25) is 0 Å². The highest BCUT2D eigenvalue weighted by Gasteiger charge is 2.33. The first-order valence-electron chi connectivity index (χ1n) is 5.77. The fourth-order valence-electron chi connectivity index (χ4n) is 1.88. The van der Waals surface area contributed by atoms with Gasteiger partial charge in [-0.3, -0.25) is 0 Å². The van der Waals surface area contributed by atoms with Crippen LogP contribution in [0.1, 0.15) is 25.5 Å². The van der Waals surface area contributed by atoms with E-state index in [4.69, 9.17) is 0 Å². The number of alkyl halides is 3. The van der Waals surface area contributed by atoms with Gasteiger partial charge in [0.1, 0.15) is 0 Å². The maximum atomic E-state index is 12.4. The van der Waals surface area contributed by atoms with Crippen LogP contribution in [-0.2, 0) is 0 Å². The van der Waals surface area contributed by atoms with E-state index in [1.165, 1.54) is 6.20 Å². The molecule has 0 saturated carbocycles. The SMILES string of the molecule is CC(C)c1[nH]ccc1-c1cccnc1OC(F)(F)F. The number of nitrogens with zero attached hydrogens (tertiary/aromatic N) is 1. The third-order valence-corrected chi connectivity index (χ3v) is 2.63. The Kier molecular flexibility index (Phi) is 3.50. The minimum absolute atomic E-state index is 0.156. The third kappa shape index (κ3) is 3.07. The number of hydrogen-bond donors (Lipinski definition) is 1. The number of aromatic amines is 1. The second-order valence-electron chi connectivity index (χ2n) is 4.36. The van der Waals surface area contributed by atoms with Gasteiger partial charge < -0.3 is 9.72 Å². The summed E-state index contributed by atoms with van der Waals surface area (Å²) in [6.07, 6.45) is -1.79. The standard InChI is InChI=1S/C13H13F3N2O/c1-8(2)11-9(5-7-17-11)10-4-3-6-18-12(10)19-13(14,15)16/h3-8,17H,1-2H3. The third-order valence-electron chi connectivity index (χ3n) is 2.63. The number of halogens is 3. The molecule has 0 amide bonds. The number of H-pyrrole nitrogens is 1. The molecule has 1 N–H and O–H groups in total. The van der Waals surface area contributed by atoms with Gasteiger partial charge in [0, 0.05) is 29.2 Å². The molecule has 0 unspecified atom stereocenters. The van der Waals surface area contributed by atoms with Crippen molar-refractivity contribution in [1.29, 1.82) is 0 Å². The van der Waals surface area contributed by atoms with Crippen molar-refractivity contribution in [1.82, 2.24) is 9.97 Å². The van der Waals surface area contributed by atoms with Crippen molar-refractivity contribution in [3.05, 3.63) is 36.3 Å². The first kappa shape index (κ1) is 13.5. The Hall–Kier alpha value is -1.98. The van der Waals surface area contributed by atoms with Crippen LogP contribution in [0.5, 0.6) is 5.88 Å². The summed E-state index contributed by atoms with van der Waals surface area (Å²) in [6, 6.07) is 4.86. The van der Waals surface area contributed by atoms with E-state index in [-0.39, 0.29) is 5.92 Å². The molecule has 0 fully saturated rings. The van der Waals surface area contributed by atoms with Crippen LogP contribution in [0.4, 0.5) is 13.2 Å². The second-order valence-corrected chi connectivity index (χ2v) is 4.36. The predicted molar refractivity (Wildman–Crippen MR) is 64.8 cm³/mol. The Morgan fingerprint density at radius 2 is 1.95 bits per heavy atom. The molecule has 2 rings (SSSR count). The highest BCUT2D eigenvalue weighted by atomic mass is 19.4. The van der Waals surface area contributed by atoms with Gasteiger partial charge in [-0.2, -0.15) is 0 Å². The normalized spacial score (nSPS) is 11.9. The minimum Gasteiger partial charge on any atom is -0.387 e. The molecule has 2 aromatic heterocycles. The van der Waals surface area contributed by atoms with Gasteiger partial charge in [0.15, 0.2) is 0 Å². The van der Waals surface area contributed by atoms with Gasteiger partial charge in [0.2, 0.25) is 5.88 Å². The quantitative estimate of drug-likeness (QED) is 0.911. The van der Waals surface area contributed by atoms with Crippen LogP contribution < -0.4 is 4.74 Å². The summed E-state index contributed by atoms with van der Waals surface area (Å²) in [7, 11) is 0. The Labute approximate surface area is 108 Å². The molecule has 2 aromatic rings. The zero-order valence-electron chi connectivity index (χ0n) is 10.5. The molecule has 0 spiro atoms. The number of rotatable bonds is 3. The molecule has 0 aliphatic rings. The number of ether oxygens (including phenoxy) is 1. The summed E-state index contributed by atoms with van der Waals surface area (Å²) in [5.74, 6) is -0.277. The first-order valence-corrected chi connectivity index (χ1v) is 5.77. The molecular weight excluding hydrogens is 257 g/mol. The number of nitrogens with one attached hydrogen (secondary N) is 1. The molecule has 3 nitrogen and oxygen atoms in total. The molecule has 19 heavy (non-hydrogen) atoms. The lowest BCUT2D eigenvalue weighted by Crippen LogP contribution is -2.18. The van der Waals surface area contributed by atoms with Crippen LogP contribution in [0.3, 0.4) is 0 Å². The van der Waals surface area contributed by atoms with Crippen molar-refractivity contribution in [2.45, 2.75) is 26.1 Å². The molecule has 2 heterocycles. The first-order chi connectivity index (χ1) is 8.88. The molecule has 0 bridgehead atoms. The zero-order valence-corrected chi connectivity index (χ0v) is 10.5. The van der Waals surface area contributed by atoms with Crippen molar-refractivity contribution in [3.8, 4) is 17.0 Å². The molecule has 102 valence electrons. The van der Waals surface area contributed by atoms with Crippen LogP contribution in [0.15, 0.2) is 30.6 Å². The van der Waals surface area contributed by atoms with Crippen molar-refractivity contribution >= 4 is 0 Å². The molecular formula is C13H13F3N2O. The van der Waals surface area contributed by atoms with E-state index in [0.29, 0.717) is 11.1 Å². The largest absolute Gasteiger partial charge is 0.574 e. The number of hydrogen-bond acceptors (Lipinski definition) is 2. The lowest BCUT2D eigenvalue weighted by atomic mass is 10.0. The second kappa shape index (κ2) is 4.95. The summed E-state index contributed by atoms with van der Waals surface area (Å²) in [5.41, 5.74) is 1.84. The Morgan fingerprint density at radius 1 is 1.21 bits per heavy atom. The van der Waals surface area contributed by atoms with Crippen molar-refractivity contribution < 1.29 is 17.9 Å². The Morgan fingerprint density at radius 3 is 2.58 bits per heavy atom. The Balaban J connectivity index is 2.47. The van der Waals surface area contributed by atoms with Gasteiger partial charge in [0.05, 0.1) is 0 Å². The van der Waals surface area contributed by atoms with Gasteiger partial charge in [-0.15, -0.1) is 13.2 Å². The molecule has 0 radical (unpaired) electrons. The topological polar surface area (TPSA) is 37.9 Å². The average molecular weight is 270 g/mol. The molecule has 0 saturated heterocycles. The zero-order chi connectivity index (χ0) is 14.0. The fourth-order valence-corrected chi connectivity index (χ4v) is 1.88. The van der Waals surface area contributed by atoms with E-state index in [2.05, 4.69) is 14.7 Å². The predicted octanol–water partition coefficient (Wildman–Crippen LogP) is 4.10. The van der Waals surface area contributed by atoms with Gasteiger partial charge in [0.25, 0.3) is 0 Å². The van der Waals surface area contributed by atoms with E-state index in [9.17, 15) is 13.2 Å². The summed E-state index contributed by atoms with van der Waals surface area (Å²) in [5, 5.41) is 0. The Bertz CT molecular complexity index is 561. The highest BCUT2D eigenvalue weighted by Crippen LogP contribution is 2.35. The maximum Gasteiger partial charge on any atom is 0.574 e. The molecule has 0 aromatic carbocycles. The average Bonchev–Trinajstić information content (AvgIpc) is 2.76. The number of pyridine rings is 1. The van der Waals surface area contributed by atoms with Crippen LogP contribution in [0.25, 0.3) is 11.1 Å². The lowest BCUT2D eigenvalue weighted by Gasteiger charge is -2.13. The van der Waals surface area contributed by atoms with Crippen LogP contribution in [-0.4, -0.2) is 16.3 Å².